The number of imidazole rings is 1. The van der Waals surface area contributed by atoms with Crippen LogP contribution in [0.2, 0.25) is 0 Å². The third kappa shape index (κ3) is 1.94. The molecule has 2 heterocycles. The van der Waals surface area contributed by atoms with Gasteiger partial charge in [0.25, 0.3) is 0 Å². The van der Waals surface area contributed by atoms with Gasteiger partial charge in [0.1, 0.15) is 5.82 Å². The lowest BCUT2D eigenvalue weighted by Gasteiger charge is -2.15. The van der Waals surface area contributed by atoms with Crippen LogP contribution in [-0.4, -0.2) is 14.5 Å². The zero-order chi connectivity index (χ0) is 12.5. The molecule has 0 N–H and O–H groups in total. The summed E-state index contributed by atoms with van der Waals surface area (Å²) < 4.78 is 2.35. The summed E-state index contributed by atoms with van der Waals surface area (Å²) in [7, 11) is 0. The molecule has 1 aliphatic rings. The zero-order valence-electron chi connectivity index (χ0n) is 11.1. The Bertz CT molecular complexity index is 569. The number of aryl methyl sites for hydroxylation is 3. The van der Waals surface area contributed by atoms with E-state index in [9.17, 15) is 0 Å². The summed E-state index contributed by atoms with van der Waals surface area (Å²) in [6, 6.07) is 4.12. The van der Waals surface area contributed by atoms with Gasteiger partial charge in [0, 0.05) is 11.9 Å². The van der Waals surface area contributed by atoms with Crippen LogP contribution in [0.5, 0.6) is 0 Å². The van der Waals surface area contributed by atoms with E-state index in [4.69, 9.17) is 4.98 Å². The van der Waals surface area contributed by atoms with Crippen molar-refractivity contribution in [3.8, 4) is 0 Å². The first kappa shape index (κ1) is 11.5. The summed E-state index contributed by atoms with van der Waals surface area (Å²) in [5.41, 5.74) is 5.16. The van der Waals surface area contributed by atoms with Crippen LogP contribution in [0.1, 0.15) is 41.3 Å². The van der Waals surface area contributed by atoms with Crippen LogP contribution in [0, 0.1) is 13.8 Å². The number of hydrogen-bond donors (Lipinski definition) is 0. The molecule has 0 bridgehead atoms. The van der Waals surface area contributed by atoms with E-state index >= 15 is 0 Å². The van der Waals surface area contributed by atoms with Crippen molar-refractivity contribution in [3.05, 3.63) is 46.8 Å². The Morgan fingerprint density at radius 2 is 2.06 bits per heavy atom. The van der Waals surface area contributed by atoms with Crippen LogP contribution in [0.3, 0.4) is 0 Å². The largest absolute Gasteiger partial charge is 0.326 e. The predicted molar refractivity (Wildman–Crippen MR) is 71.7 cm³/mol. The summed E-state index contributed by atoms with van der Waals surface area (Å²) in [5.74, 6) is 1.13. The Labute approximate surface area is 108 Å². The molecule has 0 aromatic carbocycles. The first-order valence-corrected chi connectivity index (χ1v) is 6.71. The van der Waals surface area contributed by atoms with Crippen LogP contribution in [0.25, 0.3) is 0 Å². The number of hydrogen-bond acceptors (Lipinski definition) is 2. The minimum absolute atomic E-state index is 0.862. The van der Waals surface area contributed by atoms with Gasteiger partial charge in [-0.1, -0.05) is 6.07 Å². The summed E-state index contributed by atoms with van der Waals surface area (Å²) in [5, 5.41) is 0. The monoisotopic (exact) mass is 241 g/mol. The highest BCUT2D eigenvalue weighted by molar-refractivity contribution is 5.24. The predicted octanol–water partition coefficient (Wildman–Crippen LogP) is 2.82. The summed E-state index contributed by atoms with van der Waals surface area (Å²) >= 11 is 0. The molecule has 2 aromatic heterocycles. The first-order valence-electron chi connectivity index (χ1n) is 6.71. The smallest absolute Gasteiger partial charge is 0.106 e. The molecule has 0 unspecified atom stereocenters. The van der Waals surface area contributed by atoms with Gasteiger partial charge in [-0.3, -0.25) is 4.98 Å². The van der Waals surface area contributed by atoms with E-state index in [2.05, 4.69) is 29.5 Å². The number of pyridine rings is 1. The van der Waals surface area contributed by atoms with E-state index in [-0.39, 0.29) is 0 Å². The van der Waals surface area contributed by atoms with Gasteiger partial charge >= 0.3 is 0 Å². The van der Waals surface area contributed by atoms with Gasteiger partial charge in [0.05, 0.1) is 17.9 Å². The highest BCUT2D eigenvalue weighted by atomic mass is 15.1. The second-order valence-corrected chi connectivity index (χ2v) is 5.11. The molecule has 94 valence electrons. The van der Waals surface area contributed by atoms with E-state index in [1.165, 1.54) is 36.2 Å². The number of rotatable bonds is 2. The van der Waals surface area contributed by atoms with Crippen molar-refractivity contribution in [2.45, 2.75) is 46.1 Å². The second-order valence-electron chi connectivity index (χ2n) is 5.11. The average Bonchev–Trinajstić information content (AvgIpc) is 2.69. The summed E-state index contributed by atoms with van der Waals surface area (Å²) in [4.78, 5) is 9.21. The molecule has 0 saturated heterocycles. The fraction of sp³-hybridized carbons (Fsp3) is 0.467. The molecular weight excluding hydrogens is 222 g/mol. The molecule has 0 fully saturated rings. The van der Waals surface area contributed by atoms with Gasteiger partial charge in [0.2, 0.25) is 0 Å². The van der Waals surface area contributed by atoms with Gasteiger partial charge in [-0.2, -0.15) is 0 Å². The van der Waals surface area contributed by atoms with Crippen molar-refractivity contribution >= 4 is 0 Å². The molecule has 3 nitrogen and oxygen atoms in total. The van der Waals surface area contributed by atoms with Crippen molar-refractivity contribution in [1.29, 1.82) is 0 Å². The van der Waals surface area contributed by atoms with Gasteiger partial charge in [-0.05, 0) is 51.2 Å². The third-order valence-electron chi connectivity index (χ3n) is 3.85. The molecule has 3 heteroatoms. The summed E-state index contributed by atoms with van der Waals surface area (Å²) in [6.07, 6.45) is 6.76. The molecule has 0 atom stereocenters. The standard InChI is InChI=1S/C15H19N3/c1-11-6-5-9-16-14(11)10-18-12(2)17-13-7-3-4-8-15(13)18/h5-6,9H,3-4,7-8,10H2,1-2H3. The highest BCUT2D eigenvalue weighted by Crippen LogP contribution is 2.23. The Morgan fingerprint density at radius 1 is 1.22 bits per heavy atom. The Kier molecular flexibility index (Phi) is 2.90. The van der Waals surface area contributed by atoms with E-state index in [0.717, 1.165) is 24.5 Å². The van der Waals surface area contributed by atoms with Crippen LogP contribution in [0.15, 0.2) is 18.3 Å². The Hall–Kier alpha value is -1.64. The van der Waals surface area contributed by atoms with Gasteiger partial charge in [-0.15, -0.1) is 0 Å². The van der Waals surface area contributed by atoms with Crippen LogP contribution < -0.4 is 0 Å². The highest BCUT2D eigenvalue weighted by Gasteiger charge is 2.18. The quantitative estimate of drug-likeness (QED) is 0.809. The normalized spacial score (nSPS) is 14.6. The molecule has 3 rings (SSSR count). The van der Waals surface area contributed by atoms with Crippen molar-refractivity contribution in [2.75, 3.05) is 0 Å². The molecule has 18 heavy (non-hydrogen) atoms. The molecule has 0 aliphatic heterocycles. The Balaban J connectivity index is 1.98. The minimum Gasteiger partial charge on any atom is -0.326 e. The molecule has 0 amide bonds. The van der Waals surface area contributed by atoms with Gasteiger partial charge in [-0.25, -0.2) is 4.98 Å². The fourth-order valence-electron chi connectivity index (χ4n) is 2.78. The van der Waals surface area contributed by atoms with E-state index in [1.54, 1.807) is 0 Å². The third-order valence-corrected chi connectivity index (χ3v) is 3.85. The Morgan fingerprint density at radius 3 is 2.89 bits per heavy atom. The number of aromatic nitrogens is 3. The average molecular weight is 241 g/mol. The minimum atomic E-state index is 0.862. The van der Waals surface area contributed by atoms with Crippen molar-refractivity contribution in [3.63, 3.8) is 0 Å². The molecule has 1 aliphatic carbocycles. The SMILES string of the molecule is Cc1cccnc1Cn1c(C)nc2c1CCCC2. The molecule has 0 saturated carbocycles. The van der Waals surface area contributed by atoms with Gasteiger partial charge in [0.15, 0.2) is 0 Å². The van der Waals surface area contributed by atoms with Crippen molar-refractivity contribution < 1.29 is 0 Å². The second kappa shape index (κ2) is 4.56. The van der Waals surface area contributed by atoms with Crippen LogP contribution in [-0.2, 0) is 19.4 Å². The van der Waals surface area contributed by atoms with E-state index in [1.807, 2.05) is 12.3 Å². The molecular formula is C15H19N3. The number of nitrogens with zero attached hydrogens (tertiary/aromatic N) is 3. The van der Waals surface area contributed by atoms with E-state index in [0.29, 0.717) is 0 Å². The number of fused-ring (bicyclic) bond motifs is 1. The van der Waals surface area contributed by atoms with Crippen molar-refractivity contribution in [2.24, 2.45) is 0 Å². The maximum atomic E-state index is 4.71. The van der Waals surface area contributed by atoms with Crippen LogP contribution >= 0.6 is 0 Å². The molecule has 0 radical (unpaired) electrons. The lowest BCUT2D eigenvalue weighted by Crippen LogP contribution is -2.11. The summed E-state index contributed by atoms with van der Waals surface area (Å²) in [6.45, 7) is 5.10. The lowest BCUT2D eigenvalue weighted by molar-refractivity contribution is 0.619. The maximum absolute atomic E-state index is 4.71. The first-order chi connectivity index (χ1) is 8.75. The topological polar surface area (TPSA) is 30.7 Å². The molecule has 2 aromatic rings. The molecule has 0 spiro atoms. The zero-order valence-corrected chi connectivity index (χ0v) is 11.1. The van der Waals surface area contributed by atoms with E-state index < -0.39 is 0 Å². The lowest BCUT2D eigenvalue weighted by atomic mass is 10.0. The fourth-order valence-corrected chi connectivity index (χ4v) is 2.78. The van der Waals surface area contributed by atoms with Crippen molar-refractivity contribution in [1.82, 2.24) is 14.5 Å². The maximum Gasteiger partial charge on any atom is 0.106 e. The van der Waals surface area contributed by atoms with Gasteiger partial charge < -0.3 is 4.57 Å². The van der Waals surface area contributed by atoms with Crippen LogP contribution in [0.4, 0.5) is 0 Å².